The third-order valence-electron chi connectivity index (χ3n) is 3.52. The van der Waals surface area contributed by atoms with Crippen molar-refractivity contribution in [2.45, 2.75) is 13.0 Å². The molecule has 1 amide bonds. The zero-order valence-corrected chi connectivity index (χ0v) is 12.2. The van der Waals surface area contributed by atoms with E-state index in [0.717, 1.165) is 28.9 Å². The topological polar surface area (TPSA) is 49.0 Å². The van der Waals surface area contributed by atoms with Gasteiger partial charge in [-0.2, -0.15) is 5.10 Å². The Balaban J connectivity index is 1.94. The molecule has 20 heavy (non-hydrogen) atoms. The number of hydrogen-bond donors (Lipinski definition) is 1. The van der Waals surface area contributed by atoms with Crippen molar-refractivity contribution in [3.8, 4) is 11.3 Å². The standard InChI is InChI=1S/C14H13Cl2N3O/c15-7-13(20)19-6-5-12-11(8-19)14(18-17-12)9-1-3-10(16)4-2-9/h1-4H,5-8H2,(H,17,18). The molecule has 2 heterocycles. The molecular weight excluding hydrogens is 297 g/mol. The lowest BCUT2D eigenvalue weighted by Crippen LogP contribution is -2.36. The van der Waals surface area contributed by atoms with Crippen molar-refractivity contribution in [1.29, 1.82) is 0 Å². The molecule has 0 spiro atoms. The van der Waals surface area contributed by atoms with Gasteiger partial charge >= 0.3 is 0 Å². The monoisotopic (exact) mass is 309 g/mol. The molecule has 104 valence electrons. The van der Waals surface area contributed by atoms with E-state index in [-0.39, 0.29) is 11.8 Å². The Labute approximate surface area is 126 Å². The van der Waals surface area contributed by atoms with Crippen LogP contribution >= 0.6 is 23.2 Å². The Morgan fingerprint density at radius 3 is 2.80 bits per heavy atom. The van der Waals surface area contributed by atoms with Gasteiger partial charge in [-0.25, -0.2) is 0 Å². The lowest BCUT2D eigenvalue weighted by molar-refractivity contribution is -0.129. The number of hydrogen-bond acceptors (Lipinski definition) is 2. The van der Waals surface area contributed by atoms with E-state index in [9.17, 15) is 4.79 Å². The lowest BCUT2D eigenvalue weighted by Gasteiger charge is -2.26. The number of aromatic amines is 1. The molecule has 1 aromatic heterocycles. The van der Waals surface area contributed by atoms with E-state index >= 15 is 0 Å². The van der Waals surface area contributed by atoms with Crippen molar-refractivity contribution in [1.82, 2.24) is 15.1 Å². The van der Waals surface area contributed by atoms with Gasteiger partial charge in [-0.15, -0.1) is 11.6 Å². The maximum Gasteiger partial charge on any atom is 0.237 e. The number of nitrogens with one attached hydrogen (secondary N) is 1. The number of H-pyrrole nitrogens is 1. The fourth-order valence-electron chi connectivity index (χ4n) is 2.44. The Hall–Kier alpha value is -1.52. The highest BCUT2D eigenvalue weighted by Gasteiger charge is 2.25. The zero-order chi connectivity index (χ0) is 14.1. The van der Waals surface area contributed by atoms with Gasteiger partial charge in [-0.05, 0) is 12.1 Å². The molecule has 0 saturated carbocycles. The molecule has 1 aromatic carbocycles. The number of amides is 1. The molecule has 3 rings (SSSR count). The molecule has 0 atom stereocenters. The van der Waals surface area contributed by atoms with Crippen molar-refractivity contribution < 1.29 is 4.79 Å². The number of alkyl halides is 1. The summed E-state index contributed by atoms with van der Waals surface area (Å²) in [5, 5.41) is 8.13. The van der Waals surface area contributed by atoms with Gasteiger partial charge in [-0.3, -0.25) is 9.89 Å². The number of carbonyl (C=O) groups is 1. The first-order valence-electron chi connectivity index (χ1n) is 6.35. The zero-order valence-electron chi connectivity index (χ0n) is 10.7. The second-order valence-electron chi connectivity index (χ2n) is 4.74. The van der Waals surface area contributed by atoms with E-state index in [0.29, 0.717) is 18.1 Å². The summed E-state index contributed by atoms with van der Waals surface area (Å²) in [6.45, 7) is 1.23. The molecule has 1 aliphatic rings. The second-order valence-corrected chi connectivity index (χ2v) is 5.44. The quantitative estimate of drug-likeness (QED) is 0.867. The van der Waals surface area contributed by atoms with Gasteiger partial charge < -0.3 is 4.90 Å². The van der Waals surface area contributed by atoms with Gasteiger partial charge in [0.05, 0.1) is 5.69 Å². The molecule has 4 nitrogen and oxygen atoms in total. The van der Waals surface area contributed by atoms with Crippen LogP contribution in [-0.2, 0) is 17.8 Å². The minimum Gasteiger partial charge on any atom is -0.337 e. The molecular formula is C14H13Cl2N3O. The van der Waals surface area contributed by atoms with Crippen LogP contribution < -0.4 is 0 Å². The number of nitrogens with zero attached hydrogens (tertiary/aromatic N) is 2. The van der Waals surface area contributed by atoms with Crippen LogP contribution in [0.2, 0.25) is 5.02 Å². The molecule has 1 N–H and O–H groups in total. The average molecular weight is 310 g/mol. The molecule has 0 bridgehead atoms. The summed E-state index contributed by atoms with van der Waals surface area (Å²) in [5.41, 5.74) is 4.03. The Bertz CT molecular complexity index is 636. The highest BCUT2D eigenvalue weighted by atomic mass is 35.5. The predicted molar refractivity (Wildman–Crippen MR) is 78.9 cm³/mol. The van der Waals surface area contributed by atoms with E-state index in [2.05, 4.69) is 10.2 Å². The van der Waals surface area contributed by atoms with Crippen molar-refractivity contribution in [2.24, 2.45) is 0 Å². The van der Waals surface area contributed by atoms with Crippen LogP contribution in [-0.4, -0.2) is 33.4 Å². The number of carbonyl (C=O) groups excluding carboxylic acids is 1. The summed E-state index contributed by atoms with van der Waals surface area (Å²) in [7, 11) is 0. The Morgan fingerprint density at radius 1 is 1.35 bits per heavy atom. The van der Waals surface area contributed by atoms with Crippen LogP contribution in [0.3, 0.4) is 0 Å². The summed E-state index contributed by atoms with van der Waals surface area (Å²) >= 11 is 11.5. The molecule has 1 aliphatic heterocycles. The molecule has 0 aliphatic carbocycles. The van der Waals surface area contributed by atoms with E-state index in [4.69, 9.17) is 23.2 Å². The van der Waals surface area contributed by atoms with Crippen molar-refractivity contribution in [3.63, 3.8) is 0 Å². The summed E-state index contributed by atoms with van der Waals surface area (Å²) in [4.78, 5) is 13.5. The van der Waals surface area contributed by atoms with E-state index in [1.54, 1.807) is 4.90 Å². The molecule has 0 fully saturated rings. The normalized spacial score (nSPS) is 14.2. The summed E-state index contributed by atoms with van der Waals surface area (Å²) in [5.74, 6) is -0.0238. The van der Waals surface area contributed by atoms with E-state index in [1.165, 1.54) is 0 Å². The second kappa shape index (κ2) is 5.46. The SMILES string of the molecule is O=C(CCl)N1CCc2[nH]nc(-c3ccc(Cl)cc3)c2C1. The third-order valence-corrected chi connectivity index (χ3v) is 4.00. The summed E-state index contributed by atoms with van der Waals surface area (Å²) < 4.78 is 0. The van der Waals surface area contributed by atoms with Crippen LogP contribution in [0.25, 0.3) is 11.3 Å². The largest absolute Gasteiger partial charge is 0.337 e. The minimum absolute atomic E-state index is 0.0173. The van der Waals surface area contributed by atoms with Gasteiger partial charge in [0.25, 0.3) is 0 Å². The molecule has 2 aromatic rings. The van der Waals surface area contributed by atoms with Gasteiger partial charge in [0.15, 0.2) is 0 Å². The van der Waals surface area contributed by atoms with Crippen molar-refractivity contribution in [2.75, 3.05) is 12.4 Å². The average Bonchev–Trinajstić information content (AvgIpc) is 2.90. The molecule has 0 saturated heterocycles. The minimum atomic E-state index is -0.0411. The number of benzene rings is 1. The predicted octanol–water partition coefficient (Wildman–Crippen LogP) is 2.85. The van der Waals surface area contributed by atoms with Crippen LogP contribution in [0, 0.1) is 0 Å². The fraction of sp³-hybridized carbons (Fsp3) is 0.286. The van der Waals surface area contributed by atoms with Crippen molar-refractivity contribution in [3.05, 3.63) is 40.5 Å². The lowest BCUT2D eigenvalue weighted by atomic mass is 10.0. The van der Waals surface area contributed by atoms with Gasteiger partial charge in [-0.1, -0.05) is 23.7 Å². The summed E-state index contributed by atoms with van der Waals surface area (Å²) in [6.07, 6.45) is 0.776. The number of rotatable bonds is 2. The third kappa shape index (κ3) is 2.41. The first kappa shape index (κ1) is 13.5. The Morgan fingerprint density at radius 2 is 2.10 bits per heavy atom. The highest BCUT2D eigenvalue weighted by molar-refractivity contribution is 6.30. The van der Waals surface area contributed by atoms with Gasteiger partial charge in [0, 0.05) is 41.4 Å². The van der Waals surface area contributed by atoms with E-state index < -0.39 is 0 Å². The van der Waals surface area contributed by atoms with E-state index in [1.807, 2.05) is 24.3 Å². The number of fused-ring (bicyclic) bond motifs is 1. The first-order chi connectivity index (χ1) is 9.69. The van der Waals surface area contributed by atoms with Gasteiger partial charge in [0.1, 0.15) is 5.88 Å². The molecule has 0 unspecified atom stereocenters. The fourth-order valence-corrected chi connectivity index (χ4v) is 2.73. The first-order valence-corrected chi connectivity index (χ1v) is 7.26. The highest BCUT2D eigenvalue weighted by Crippen LogP contribution is 2.29. The summed E-state index contributed by atoms with van der Waals surface area (Å²) in [6, 6.07) is 7.53. The van der Waals surface area contributed by atoms with Crippen LogP contribution in [0.4, 0.5) is 0 Å². The van der Waals surface area contributed by atoms with Crippen molar-refractivity contribution >= 4 is 29.1 Å². The maximum atomic E-state index is 11.7. The molecule has 0 radical (unpaired) electrons. The van der Waals surface area contributed by atoms with Crippen LogP contribution in [0.15, 0.2) is 24.3 Å². The van der Waals surface area contributed by atoms with Gasteiger partial charge in [0.2, 0.25) is 5.91 Å². The number of aromatic nitrogens is 2. The molecule has 6 heteroatoms. The smallest absolute Gasteiger partial charge is 0.237 e. The van der Waals surface area contributed by atoms with Crippen LogP contribution in [0.5, 0.6) is 0 Å². The maximum absolute atomic E-state index is 11.7. The Kier molecular flexibility index (Phi) is 3.68. The number of halogens is 2. The van der Waals surface area contributed by atoms with Crippen LogP contribution in [0.1, 0.15) is 11.3 Å².